The Bertz CT molecular complexity index is 1340. The van der Waals surface area contributed by atoms with Gasteiger partial charge in [0.05, 0.1) is 17.9 Å². The number of aromatic amines is 1. The molecule has 0 fully saturated rings. The van der Waals surface area contributed by atoms with Gasteiger partial charge in [0.1, 0.15) is 0 Å². The topological polar surface area (TPSA) is 67.0 Å². The number of carbonyl (C=O) groups is 1. The number of aryl methyl sites for hydroxylation is 1. The summed E-state index contributed by atoms with van der Waals surface area (Å²) < 4.78 is 5.50. The van der Waals surface area contributed by atoms with Crippen LogP contribution in [0.3, 0.4) is 0 Å². The molecule has 5 rings (SSSR count). The van der Waals surface area contributed by atoms with Crippen LogP contribution in [0.5, 0.6) is 0 Å². The fraction of sp³-hybridized carbons (Fsp3) is 0.185. The zero-order chi connectivity index (χ0) is 22.2. The fourth-order valence-electron chi connectivity index (χ4n) is 4.57. The third-order valence-electron chi connectivity index (χ3n) is 6.06. The average Bonchev–Trinajstić information content (AvgIpc) is 3.22. The lowest BCUT2D eigenvalue weighted by molar-refractivity contribution is -0.138. The third kappa shape index (κ3) is 3.26. The van der Waals surface area contributed by atoms with Gasteiger partial charge in [-0.1, -0.05) is 72.3 Å². The van der Waals surface area contributed by atoms with E-state index in [1.165, 1.54) is 5.56 Å². The summed E-state index contributed by atoms with van der Waals surface area (Å²) in [5.41, 5.74) is 6.51. The van der Waals surface area contributed by atoms with Gasteiger partial charge in [0, 0.05) is 17.2 Å². The number of ether oxygens (including phenoxy) is 1. The summed E-state index contributed by atoms with van der Waals surface area (Å²) in [6, 6.07) is 22.8. The van der Waals surface area contributed by atoms with Gasteiger partial charge in [0.25, 0.3) is 0 Å². The number of rotatable bonds is 4. The Morgan fingerprint density at radius 2 is 1.75 bits per heavy atom. The van der Waals surface area contributed by atoms with Crippen molar-refractivity contribution in [1.29, 1.82) is 0 Å². The van der Waals surface area contributed by atoms with Crippen molar-refractivity contribution < 1.29 is 9.53 Å². The normalized spacial score (nSPS) is 15.4. The number of esters is 1. The molecule has 2 N–H and O–H groups in total. The molecule has 160 valence electrons. The second-order valence-electron chi connectivity index (χ2n) is 8.11. The van der Waals surface area contributed by atoms with Gasteiger partial charge in [-0.05, 0) is 42.7 Å². The number of hydrogen-bond acceptors (Lipinski definition) is 4. The van der Waals surface area contributed by atoms with Crippen LogP contribution < -0.4 is 5.32 Å². The SMILES string of the molecule is CCOC(=O)C1=C(C)Nc2n[nH]c(-c3ccc(C)cc3)c2C1c1cccc2ccccc12. The van der Waals surface area contributed by atoms with Crippen molar-refractivity contribution in [2.24, 2.45) is 0 Å². The van der Waals surface area contributed by atoms with Gasteiger partial charge in [0.2, 0.25) is 0 Å². The van der Waals surface area contributed by atoms with E-state index in [1.54, 1.807) is 0 Å². The van der Waals surface area contributed by atoms with E-state index in [2.05, 4.69) is 71.0 Å². The van der Waals surface area contributed by atoms with Crippen molar-refractivity contribution in [1.82, 2.24) is 10.2 Å². The van der Waals surface area contributed by atoms with E-state index in [4.69, 9.17) is 4.74 Å². The average molecular weight is 424 g/mol. The number of aromatic nitrogens is 2. The zero-order valence-electron chi connectivity index (χ0n) is 18.4. The molecule has 32 heavy (non-hydrogen) atoms. The van der Waals surface area contributed by atoms with Gasteiger partial charge in [-0.3, -0.25) is 5.10 Å². The molecule has 1 aromatic heterocycles. The maximum atomic E-state index is 13.2. The Balaban J connectivity index is 1.79. The Morgan fingerprint density at radius 3 is 2.53 bits per heavy atom. The van der Waals surface area contributed by atoms with E-state index >= 15 is 0 Å². The summed E-state index contributed by atoms with van der Waals surface area (Å²) in [5.74, 6) is 0.118. The fourth-order valence-corrected chi connectivity index (χ4v) is 4.57. The third-order valence-corrected chi connectivity index (χ3v) is 6.06. The summed E-state index contributed by atoms with van der Waals surface area (Å²) >= 11 is 0. The zero-order valence-corrected chi connectivity index (χ0v) is 18.4. The molecule has 0 aliphatic carbocycles. The molecular weight excluding hydrogens is 398 g/mol. The Morgan fingerprint density at radius 1 is 1.00 bits per heavy atom. The molecule has 4 aromatic rings. The number of hydrogen-bond donors (Lipinski definition) is 2. The quantitative estimate of drug-likeness (QED) is 0.399. The van der Waals surface area contributed by atoms with Gasteiger partial charge in [0.15, 0.2) is 5.82 Å². The summed E-state index contributed by atoms with van der Waals surface area (Å²) in [4.78, 5) is 13.2. The minimum absolute atomic E-state index is 0.308. The number of allylic oxidation sites excluding steroid dienone is 1. The first-order valence-electron chi connectivity index (χ1n) is 10.9. The molecule has 0 amide bonds. The van der Waals surface area contributed by atoms with Crippen LogP contribution in [-0.4, -0.2) is 22.8 Å². The molecule has 2 heterocycles. The second kappa shape index (κ2) is 8.00. The number of nitrogens with zero attached hydrogens (tertiary/aromatic N) is 1. The first kappa shape index (κ1) is 20.1. The van der Waals surface area contributed by atoms with Crippen molar-refractivity contribution in [3.8, 4) is 11.3 Å². The van der Waals surface area contributed by atoms with Crippen molar-refractivity contribution in [2.75, 3.05) is 11.9 Å². The molecule has 1 aliphatic rings. The lowest BCUT2D eigenvalue weighted by Gasteiger charge is -2.29. The van der Waals surface area contributed by atoms with Crippen LogP contribution in [0.15, 0.2) is 78.0 Å². The van der Waals surface area contributed by atoms with Crippen LogP contribution >= 0.6 is 0 Å². The maximum Gasteiger partial charge on any atom is 0.336 e. The van der Waals surface area contributed by atoms with E-state index in [-0.39, 0.29) is 11.9 Å². The van der Waals surface area contributed by atoms with Gasteiger partial charge in [-0.25, -0.2) is 4.79 Å². The maximum absolute atomic E-state index is 13.2. The van der Waals surface area contributed by atoms with E-state index in [0.29, 0.717) is 12.2 Å². The monoisotopic (exact) mass is 423 g/mol. The van der Waals surface area contributed by atoms with Crippen LogP contribution in [0.4, 0.5) is 5.82 Å². The van der Waals surface area contributed by atoms with Crippen LogP contribution in [0.1, 0.15) is 36.5 Å². The number of benzene rings is 3. The lowest BCUT2D eigenvalue weighted by Crippen LogP contribution is -2.24. The molecule has 0 saturated carbocycles. The van der Waals surface area contributed by atoms with Crippen molar-refractivity contribution in [3.05, 3.63) is 94.7 Å². The molecule has 0 radical (unpaired) electrons. The van der Waals surface area contributed by atoms with Crippen molar-refractivity contribution in [2.45, 2.75) is 26.7 Å². The van der Waals surface area contributed by atoms with Crippen molar-refractivity contribution >= 4 is 22.6 Å². The predicted octanol–water partition coefficient (Wildman–Crippen LogP) is 5.93. The second-order valence-corrected chi connectivity index (χ2v) is 8.11. The highest BCUT2D eigenvalue weighted by atomic mass is 16.5. The van der Waals surface area contributed by atoms with E-state index in [1.807, 2.05) is 32.0 Å². The molecule has 1 atom stereocenters. The minimum Gasteiger partial charge on any atom is -0.463 e. The van der Waals surface area contributed by atoms with Crippen LogP contribution in [-0.2, 0) is 9.53 Å². The Labute approximate surface area is 187 Å². The number of fused-ring (bicyclic) bond motifs is 2. The first-order valence-corrected chi connectivity index (χ1v) is 10.9. The molecule has 1 aliphatic heterocycles. The highest BCUT2D eigenvalue weighted by Crippen LogP contribution is 2.47. The molecule has 1 unspecified atom stereocenters. The number of nitrogens with one attached hydrogen (secondary N) is 2. The van der Waals surface area contributed by atoms with Gasteiger partial charge in [-0.2, -0.15) is 5.10 Å². The summed E-state index contributed by atoms with van der Waals surface area (Å²) in [6.07, 6.45) is 0. The lowest BCUT2D eigenvalue weighted by atomic mass is 9.79. The predicted molar refractivity (Wildman–Crippen MR) is 128 cm³/mol. The summed E-state index contributed by atoms with van der Waals surface area (Å²) in [7, 11) is 0. The van der Waals surface area contributed by atoms with Crippen LogP contribution in [0, 0.1) is 6.92 Å². The standard InChI is InChI=1S/C27H25N3O2/c1-4-32-27(31)22-17(3)28-26-24(25(29-30-26)19-14-12-16(2)13-15-19)23(22)21-11-7-9-18-8-5-6-10-20(18)21/h5-15,23H,4H2,1-3H3,(H2,28,29,30). The molecule has 5 heteroatoms. The Hall–Kier alpha value is -3.86. The first-order chi connectivity index (χ1) is 15.6. The van der Waals surface area contributed by atoms with Crippen LogP contribution in [0.2, 0.25) is 0 Å². The summed E-state index contributed by atoms with van der Waals surface area (Å²) in [5, 5.41) is 13.4. The number of H-pyrrole nitrogens is 1. The molecular formula is C27H25N3O2. The summed E-state index contributed by atoms with van der Waals surface area (Å²) in [6.45, 7) is 6.13. The molecule has 3 aromatic carbocycles. The molecule has 0 saturated heterocycles. The van der Waals surface area contributed by atoms with Gasteiger partial charge < -0.3 is 10.1 Å². The molecule has 5 nitrogen and oxygen atoms in total. The highest BCUT2D eigenvalue weighted by Gasteiger charge is 2.37. The minimum atomic E-state index is -0.313. The molecule has 0 spiro atoms. The van der Waals surface area contributed by atoms with Gasteiger partial charge >= 0.3 is 5.97 Å². The molecule has 0 bridgehead atoms. The van der Waals surface area contributed by atoms with E-state index in [0.717, 1.165) is 44.7 Å². The van der Waals surface area contributed by atoms with Gasteiger partial charge in [-0.15, -0.1) is 0 Å². The smallest absolute Gasteiger partial charge is 0.336 e. The van der Waals surface area contributed by atoms with Crippen molar-refractivity contribution in [3.63, 3.8) is 0 Å². The largest absolute Gasteiger partial charge is 0.463 e. The highest BCUT2D eigenvalue weighted by molar-refractivity contribution is 5.98. The number of carbonyl (C=O) groups excluding carboxylic acids is 1. The van der Waals surface area contributed by atoms with E-state index < -0.39 is 0 Å². The Kier molecular flexibility index (Phi) is 5.02. The van der Waals surface area contributed by atoms with Crippen LogP contribution in [0.25, 0.3) is 22.0 Å². The van der Waals surface area contributed by atoms with E-state index in [9.17, 15) is 4.79 Å². The number of anilines is 1.